The second kappa shape index (κ2) is 10.5. The van der Waals surface area contributed by atoms with Crippen molar-refractivity contribution in [3.8, 4) is 0 Å². The van der Waals surface area contributed by atoms with Gasteiger partial charge in [0.25, 0.3) is 0 Å². The van der Waals surface area contributed by atoms with Crippen LogP contribution in [0.1, 0.15) is 44.9 Å². The summed E-state index contributed by atoms with van der Waals surface area (Å²) in [4.78, 5) is 52.5. The highest BCUT2D eigenvalue weighted by atomic mass is 16.4. The number of nitrogens with two attached hydrogens (primary N) is 1. The van der Waals surface area contributed by atoms with E-state index in [1.54, 1.807) is 0 Å². The quantitative estimate of drug-likeness (QED) is 0.427. The molecule has 2 heterocycles. The molecule has 0 aromatic heterocycles. The normalized spacial score (nSPS) is 22.4. The molecule has 4 N–H and O–H groups in total. The lowest BCUT2D eigenvalue weighted by molar-refractivity contribution is -0.160. The average Bonchev–Trinajstić information content (AvgIpc) is 2.68. The molecular weight excluding hydrogens is 364 g/mol. The predicted octanol–water partition coefficient (Wildman–Crippen LogP) is -0.413. The maximum atomic E-state index is 13.2. The second-order valence-corrected chi connectivity index (χ2v) is 7.65. The molecule has 9 heteroatoms. The van der Waals surface area contributed by atoms with Crippen LogP contribution in [0, 0.1) is 5.92 Å². The molecular formula is C19H32N4O5. The van der Waals surface area contributed by atoms with Crippen molar-refractivity contribution in [1.29, 1.82) is 0 Å². The molecule has 2 atom stereocenters. The Bertz CT molecular complexity index is 591. The molecule has 0 radical (unpaired) electrons. The Kier molecular flexibility index (Phi) is 8.37. The number of hydrogen-bond acceptors (Lipinski definition) is 6. The molecule has 2 amide bonds. The molecule has 2 fully saturated rings. The van der Waals surface area contributed by atoms with Gasteiger partial charge in [-0.3, -0.25) is 19.2 Å². The number of hydrogen-bond donors (Lipinski definition) is 3. The van der Waals surface area contributed by atoms with Crippen molar-refractivity contribution >= 4 is 23.6 Å². The van der Waals surface area contributed by atoms with Gasteiger partial charge < -0.3 is 26.0 Å². The number of carboxylic acids is 1. The van der Waals surface area contributed by atoms with E-state index in [2.05, 4.69) is 5.32 Å². The van der Waals surface area contributed by atoms with Gasteiger partial charge >= 0.3 is 5.97 Å². The highest BCUT2D eigenvalue weighted by Gasteiger charge is 2.43. The van der Waals surface area contributed by atoms with Crippen LogP contribution in [0.3, 0.4) is 0 Å². The first-order chi connectivity index (χ1) is 13.4. The number of likely N-dealkylation sites (N-methyl/N-ethyl adjacent to an activating group) is 1. The number of piperidine rings is 1. The minimum absolute atomic E-state index is 0.0150. The Balaban J connectivity index is 2.20. The van der Waals surface area contributed by atoms with E-state index in [1.165, 1.54) is 16.8 Å². The number of unbranched alkanes of at least 4 members (excludes halogenated alkanes) is 1. The molecule has 0 bridgehead atoms. The van der Waals surface area contributed by atoms with Crippen molar-refractivity contribution in [2.24, 2.45) is 11.7 Å². The molecule has 2 aliphatic rings. The Labute approximate surface area is 165 Å². The van der Waals surface area contributed by atoms with Crippen LogP contribution in [-0.4, -0.2) is 83.8 Å². The lowest BCUT2D eigenvalue weighted by Crippen LogP contribution is -2.63. The Morgan fingerprint density at radius 2 is 1.93 bits per heavy atom. The third kappa shape index (κ3) is 5.51. The van der Waals surface area contributed by atoms with Gasteiger partial charge in [0.15, 0.2) is 5.78 Å². The molecule has 0 saturated carbocycles. The van der Waals surface area contributed by atoms with E-state index in [1.807, 2.05) is 0 Å². The summed E-state index contributed by atoms with van der Waals surface area (Å²) in [6, 6.07) is -1.48. The smallest absolute Gasteiger partial charge is 0.303 e. The average molecular weight is 396 g/mol. The molecule has 0 aromatic carbocycles. The molecule has 0 unspecified atom stereocenters. The Hall–Kier alpha value is -2.00. The van der Waals surface area contributed by atoms with Crippen LogP contribution in [0.15, 0.2) is 0 Å². The zero-order valence-electron chi connectivity index (χ0n) is 16.6. The van der Waals surface area contributed by atoms with Crippen molar-refractivity contribution in [3.63, 3.8) is 0 Å². The van der Waals surface area contributed by atoms with E-state index in [4.69, 9.17) is 10.8 Å². The minimum atomic E-state index is -1.02. The van der Waals surface area contributed by atoms with E-state index in [0.29, 0.717) is 19.4 Å². The van der Waals surface area contributed by atoms with Gasteiger partial charge in [-0.25, -0.2) is 0 Å². The fourth-order valence-corrected chi connectivity index (χ4v) is 4.02. The molecule has 0 aromatic rings. The van der Waals surface area contributed by atoms with E-state index in [9.17, 15) is 19.2 Å². The highest BCUT2D eigenvalue weighted by molar-refractivity contribution is 5.99. The Morgan fingerprint density at radius 1 is 1.25 bits per heavy atom. The molecule has 9 nitrogen and oxygen atoms in total. The number of carbonyl (C=O) groups is 4. The van der Waals surface area contributed by atoms with E-state index < -0.39 is 18.1 Å². The maximum Gasteiger partial charge on any atom is 0.303 e. The number of rotatable bonds is 10. The summed E-state index contributed by atoms with van der Waals surface area (Å²) in [5.74, 6) is -1.72. The fraction of sp³-hybridized carbons (Fsp3) is 0.789. The van der Waals surface area contributed by atoms with Crippen LogP contribution < -0.4 is 11.1 Å². The van der Waals surface area contributed by atoms with Gasteiger partial charge in [0, 0.05) is 19.4 Å². The summed E-state index contributed by atoms with van der Waals surface area (Å²) in [6.07, 6.45) is 3.22. The number of amides is 2. The van der Waals surface area contributed by atoms with Crippen molar-refractivity contribution < 1.29 is 24.3 Å². The van der Waals surface area contributed by atoms with Crippen molar-refractivity contribution in [2.75, 3.05) is 33.2 Å². The first kappa shape index (κ1) is 22.3. The molecule has 2 rings (SSSR count). The van der Waals surface area contributed by atoms with Gasteiger partial charge in [-0.2, -0.15) is 0 Å². The summed E-state index contributed by atoms with van der Waals surface area (Å²) in [5.41, 5.74) is 5.58. The first-order valence-electron chi connectivity index (χ1n) is 10.1. The number of ketones is 1. The summed E-state index contributed by atoms with van der Waals surface area (Å²) in [5, 5.41) is 12.2. The Morgan fingerprint density at radius 3 is 2.54 bits per heavy atom. The number of Topliss-reactive ketones (excluding diaryl/α,β-unsaturated/α-hetero) is 1. The highest BCUT2D eigenvalue weighted by Crippen LogP contribution is 2.25. The maximum absolute atomic E-state index is 13.2. The summed E-state index contributed by atoms with van der Waals surface area (Å²) in [7, 11) is 1.52. The molecule has 28 heavy (non-hydrogen) atoms. The van der Waals surface area contributed by atoms with Gasteiger partial charge in [-0.05, 0) is 58.2 Å². The number of piperazine rings is 1. The van der Waals surface area contributed by atoms with E-state index in [0.717, 1.165) is 32.4 Å². The number of nitrogens with one attached hydrogen (secondary N) is 1. The zero-order chi connectivity index (χ0) is 20.7. The summed E-state index contributed by atoms with van der Waals surface area (Å²) >= 11 is 0. The first-order valence-corrected chi connectivity index (χ1v) is 10.1. The standard InChI is InChI=1S/C19H32N4O5/c1-22-15(5-6-17(25)26)19(28)23(12-16(22)24)14(4-2-3-9-20)18(27)13-7-10-21-11-8-13/h13-15,21H,2-12,20H2,1H3,(H,25,26)/t14-,15-/m0/s1. The van der Waals surface area contributed by atoms with Crippen LogP contribution in [0.25, 0.3) is 0 Å². The van der Waals surface area contributed by atoms with Gasteiger partial charge in [0.05, 0.1) is 6.04 Å². The fourth-order valence-electron chi connectivity index (χ4n) is 4.02. The number of carbonyl (C=O) groups excluding carboxylic acids is 3. The largest absolute Gasteiger partial charge is 0.481 e. The minimum Gasteiger partial charge on any atom is -0.481 e. The monoisotopic (exact) mass is 396 g/mol. The van der Waals surface area contributed by atoms with Gasteiger partial charge in [-0.15, -0.1) is 0 Å². The van der Waals surface area contributed by atoms with Crippen molar-refractivity contribution in [3.05, 3.63) is 0 Å². The van der Waals surface area contributed by atoms with Gasteiger partial charge in [0.2, 0.25) is 11.8 Å². The van der Waals surface area contributed by atoms with E-state index in [-0.39, 0.29) is 42.9 Å². The number of carboxylic acid groups (broad SMARTS) is 1. The van der Waals surface area contributed by atoms with Crippen LogP contribution in [0.5, 0.6) is 0 Å². The van der Waals surface area contributed by atoms with Crippen LogP contribution in [0.4, 0.5) is 0 Å². The molecule has 0 spiro atoms. The molecule has 158 valence electrons. The van der Waals surface area contributed by atoms with E-state index >= 15 is 0 Å². The van der Waals surface area contributed by atoms with Gasteiger partial charge in [-0.1, -0.05) is 0 Å². The lowest BCUT2D eigenvalue weighted by Gasteiger charge is -2.42. The summed E-state index contributed by atoms with van der Waals surface area (Å²) in [6.45, 7) is 1.90. The van der Waals surface area contributed by atoms with Crippen LogP contribution >= 0.6 is 0 Å². The number of aliphatic carboxylic acids is 1. The zero-order valence-corrected chi connectivity index (χ0v) is 16.6. The van der Waals surface area contributed by atoms with Crippen molar-refractivity contribution in [1.82, 2.24) is 15.1 Å². The second-order valence-electron chi connectivity index (χ2n) is 7.65. The SMILES string of the molecule is CN1C(=O)CN([C@@H](CCCCN)C(=O)C2CCNCC2)C(=O)[C@@H]1CCC(=O)O. The van der Waals surface area contributed by atoms with Crippen LogP contribution in [-0.2, 0) is 19.2 Å². The third-order valence-corrected chi connectivity index (χ3v) is 5.74. The summed E-state index contributed by atoms with van der Waals surface area (Å²) < 4.78 is 0. The van der Waals surface area contributed by atoms with Gasteiger partial charge in [0.1, 0.15) is 12.6 Å². The number of nitrogens with zero attached hydrogens (tertiary/aromatic N) is 2. The molecule has 2 aliphatic heterocycles. The topological polar surface area (TPSA) is 133 Å². The molecule has 2 saturated heterocycles. The van der Waals surface area contributed by atoms with Crippen LogP contribution in [0.2, 0.25) is 0 Å². The molecule has 0 aliphatic carbocycles. The predicted molar refractivity (Wildman–Crippen MR) is 102 cm³/mol. The van der Waals surface area contributed by atoms with Crippen molar-refractivity contribution in [2.45, 2.75) is 57.0 Å². The lowest BCUT2D eigenvalue weighted by atomic mass is 9.86. The third-order valence-electron chi connectivity index (χ3n) is 5.74.